The van der Waals surface area contributed by atoms with Crippen molar-refractivity contribution in [1.29, 1.82) is 0 Å². The van der Waals surface area contributed by atoms with E-state index >= 15 is 0 Å². The Labute approximate surface area is 80.7 Å². The molecule has 0 N–H and O–H groups in total. The number of esters is 1. The van der Waals surface area contributed by atoms with E-state index in [0.29, 0.717) is 12.5 Å². The normalized spacial score (nSPS) is 20.6. The number of hydrogen-bond donors (Lipinski definition) is 0. The van der Waals surface area contributed by atoms with Crippen molar-refractivity contribution >= 4 is 5.97 Å². The number of ether oxygens (including phenoxy) is 1. The van der Waals surface area contributed by atoms with E-state index in [9.17, 15) is 4.79 Å². The molecule has 2 nitrogen and oxygen atoms in total. The van der Waals surface area contributed by atoms with Gasteiger partial charge < -0.3 is 4.74 Å². The lowest BCUT2D eigenvalue weighted by molar-refractivity contribution is -0.155. The van der Waals surface area contributed by atoms with Crippen molar-refractivity contribution in [3.63, 3.8) is 0 Å². The van der Waals surface area contributed by atoms with Crippen molar-refractivity contribution in [2.24, 2.45) is 11.3 Å². The van der Waals surface area contributed by atoms with E-state index in [4.69, 9.17) is 4.74 Å². The Bertz CT molecular complexity index is 179. The maximum atomic E-state index is 11.6. The van der Waals surface area contributed by atoms with Crippen LogP contribution in [-0.2, 0) is 9.53 Å². The number of carbonyl (C=O) groups excluding carboxylic acids is 1. The first-order chi connectivity index (χ1) is 6.04. The van der Waals surface area contributed by atoms with Crippen LogP contribution < -0.4 is 0 Å². The van der Waals surface area contributed by atoms with Crippen LogP contribution >= 0.6 is 0 Å². The van der Waals surface area contributed by atoms with Crippen LogP contribution in [0.2, 0.25) is 0 Å². The molecule has 0 radical (unpaired) electrons. The van der Waals surface area contributed by atoms with Crippen molar-refractivity contribution < 1.29 is 9.53 Å². The second kappa shape index (κ2) is 4.12. The molecule has 1 fully saturated rings. The van der Waals surface area contributed by atoms with Gasteiger partial charge in [-0.25, -0.2) is 0 Å². The molecule has 1 saturated carbocycles. The summed E-state index contributed by atoms with van der Waals surface area (Å²) < 4.78 is 5.25. The molecule has 1 aliphatic carbocycles. The van der Waals surface area contributed by atoms with Gasteiger partial charge in [-0.15, -0.1) is 0 Å². The van der Waals surface area contributed by atoms with Gasteiger partial charge in [-0.3, -0.25) is 4.79 Å². The third-order valence-corrected chi connectivity index (χ3v) is 2.75. The van der Waals surface area contributed by atoms with Gasteiger partial charge in [0.25, 0.3) is 0 Å². The molecule has 13 heavy (non-hydrogen) atoms. The van der Waals surface area contributed by atoms with E-state index < -0.39 is 0 Å². The van der Waals surface area contributed by atoms with E-state index in [1.54, 1.807) is 0 Å². The minimum absolute atomic E-state index is 0.0127. The zero-order valence-corrected chi connectivity index (χ0v) is 8.93. The maximum absolute atomic E-state index is 11.6. The molecule has 0 saturated heterocycles. The quantitative estimate of drug-likeness (QED) is 0.630. The molecule has 1 aliphatic rings. The molecule has 0 aliphatic heterocycles. The molecule has 0 aromatic carbocycles. The van der Waals surface area contributed by atoms with E-state index in [-0.39, 0.29) is 11.4 Å². The molecule has 0 amide bonds. The first-order valence-electron chi connectivity index (χ1n) is 5.22. The fourth-order valence-corrected chi connectivity index (χ4v) is 1.78. The summed E-state index contributed by atoms with van der Waals surface area (Å²) in [4.78, 5) is 11.6. The Balaban J connectivity index is 2.38. The highest BCUT2D eigenvalue weighted by Gasteiger charge is 2.37. The van der Waals surface area contributed by atoms with Gasteiger partial charge in [0, 0.05) is 0 Å². The topological polar surface area (TPSA) is 26.3 Å². The Kier molecular flexibility index (Phi) is 3.34. The summed E-state index contributed by atoms with van der Waals surface area (Å²) in [5.41, 5.74) is -0.172. The largest absolute Gasteiger partial charge is 0.465 e. The van der Waals surface area contributed by atoms with Gasteiger partial charge in [0.05, 0.1) is 12.0 Å². The molecule has 0 heterocycles. The van der Waals surface area contributed by atoms with Crippen LogP contribution in [0.15, 0.2) is 0 Å². The molecule has 0 aromatic heterocycles. The van der Waals surface area contributed by atoms with Crippen LogP contribution in [0, 0.1) is 11.3 Å². The summed E-state index contributed by atoms with van der Waals surface area (Å²) in [7, 11) is 0. The SMILES string of the molecule is CC(C)COC(=O)C1(C)CCCC1. The number of carbonyl (C=O) groups is 1. The predicted molar refractivity (Wildman–Crippen MR) is 52.4 cm³/mol. The summed E-state index contributed by atoms with van der Waals surface area (Å²) in [6, 6.07) is 0. The van der Waals surface area contributed by atoms with Crippen molar-refractivity contribution in [2.45, 2.75) is 46.5 Å². The lowest BCUT2D eigenvalue weighted by atomic mass is 9.89. The molecular weight excluding hydrogens is 164 g/mol. The monoisotopic (exact) mass is 184 g/mol. The van der Waals surface area contributed by atoms with Gasteiger partial charge in [-0.05, 0) is 25.7 Å². The molecule has 0 unspecified atom stereocenters. The van der Waals surface area contributed by atoms with E-state index in [1.165, 1.54) is 12.8 Å². The summed E-state index contributed by atoms with van der Waals surface area (Å²) in [5.74, 6) is 0.452. The summed E-state index contributed by atoms with van der Waals surface area (Å²) in [6.07, 6.45) is 4.36. The first kappa shape index (κ1) is 10.6. The zero-order chi connectivity index (χ0) is 9.90. The second-order valence-electron chi connectivity index (χ2n) is 4.76. The van der Waals surface area contributed by atoms with Crippen molar-refractivity contribution in [1.82, 2.24) is 0 Å². The van der Waals surface area contributed by atoms with Gasteiger partial charge in [-0.1, -0.05) is 26.7 Å². The molecule has 1 rings (SSSR count). The van der Waals surface area contributed by atoms with Gasteiger partial charge in [0.15, 0.2) is 0 Å². The van der Waals surface area contributed by atoms with Gasteiger partial charge in [-0.2, -0.15) is 0 Å². The second-order valence-corrected chi connectivity index (χ2v) is 4.76. The van der Waals surface area contributed by atoms with Crippen LogP contribution in [0.25, 0.3) is 0 Å². The Morgan fingerprint density at radius 3 is 2.38 bits per heavy atom. The summed E-state index contributed by atoms with van der Waals surface area (Å²) in [6.45, 7) is 6.71. The number of rotatable bonds is 3. The average molecular weight is 184 g/mol. The molecule has 2 heteroatoms. The third kappa shape index (κ3) is 2.71. The fraction of sp³-hybridized carbons (Fsp3) is 0.909. The van der Waals surface area contributed by atoms with Crippen LogP contribution in [-0.4, -0.2) is 12.6 Å². The van der Waals surface area contributed by atoms with E-state index in [2.05, 4.69) is 13.8 Å². The molecule has 0 atom stereocenters. The third-order valence-electron chi connectivity index (χ3n) is 2.75. The smallest absolute Gasteiger partial charge is 0.311 e. The average Bonchev–Trinajstić information content (AvgIpc) is 2.49. The predicted octanol–water partition coefficient (Wildman–Crippen LogP) is 2.77. The number of hydrogen-bond acceptors (Lipinski definition) is 2. The zero-order valence-electron chi connectivity index (χ0n) is 8.93. The minimum atomic E-state index is -0.172. The molecule has 0 aromatic rings. The Morgan fingerprint density at radius 2 is 1.92 bits per heavy atom. The summed E-state index contributed by atoms with van der Waals surface area (Å²) in [5, 5.41) is 0. The van der Waals surface area contributed by atoms with Crippen LogP contribution in [0.3, 0.4) is 0 Å². The van der Waals surface area contributed by atoms with Gasteiger partial charge in [0.1, 0.15) is 0 Å². The maximum Gasteiger partial charge on any atom is 0.311 e. The molecule has 0 spiro atoms. The minimum Gasteiger partial charge on any atom is -0.465 e. The highest BCUT2D eigenvalue weighted by Crippen LogP contribution is 2.38. The van der Waals surface area contributed by atoms with Gasteiger partial charge in [0.2, 0.25) is 0 Å². The lowest BCUT2D eigenvalue weighted by Crippen LogP contribution is -2.27. The van der Waals surface area contributed by atoms with Crippen molar-refractivity contribution in [3.8, 4) is 0 Å². The molecule has 76 valence electrons. The Hall–Kier alpha value is -0.530. The summed E-state index contributed by atoms with van der Waals surface area (Å²) >= 11 is 0. The highest BCUT2D eigenvalue weighted by molar-refractivity contribution is 5.76. The lowest BCUT2D eigenvalue weighted by Gasteiger charge is -2.21. The van der Waals surface area contributed by atoms with E-state index in [0.717, 1.165) is 12.8 Å². The Morgan fingerprint density at radius 1 is 1.38 bits per heavy atom. The molecular formula is C11H20O2. The van der Waals surface area contributed by atoms with Crippen LogP contribution in [0.5, 0.6) is 0 Å². The van der Waals surface area contributed by atoms with Crippen LogP contribution in [0.1, 0.15) is 46.5 Å². The molecule has 0 bridgehead atoms. The highest BCUT2D eigenvalue weighted by atomic mass is 16.5. The standard InChI is InChI=1S/C11H20O2/c1-9(2)8-13-10(12)11(3)6-4-5-7-11/h9H,4-8H2,1-3H3. The van der Waals surface area contributed by atoms with Crippen LogP contribution in [0.4, 0.5) is 0 Å². The first-order valence-corrected chi connectivity index (χ1v) is 5.22. The van der Waals surface area contributed by atoms with Crippen molar-refractivity contribution in [3.05, 3.63) is 0 Å². The fourth-order valence-electron chi connectivity index (χ4n) is 1.78. The van der Waals surface area contributed by atoms with E-state index in [1.807, 2.05) is 6.92 Å². The van der Waals surface area contributed by atoms with Crippen molar-refractivity contribution in [2.75, 3.05) is 6.61 Å². The van der Waals surface area contributed by atoms with Gasteiger partial charge >= 0.3 is 5.97 Å².